The zero-order valence-corrected chi connectivity index (χ0v) is 47.6. The molecule has 0 rings (SSSR count). The number of allylic oxidation sites excluding steroid dienone is 2. The molecule has 0 aliphatic carbocycles. The lowest BCUT2D eigenvalue weighted by molar-refractivity contribution is -0.167. The molecule has 0 fully saturated rings. The zero-order valence-electron chi connectivity index (χ0n) is 47.6. The maximum Gasteiger partial charge on any atom is 0.306 e. The van der Waals surface area contributed by atoms with E-state index in [1.165, 1.54) is 263 Å². The van der Waals surface area contributed by atoms with Gasteiger partial charge in [-0.3, -0.25) is 14.4 Å². The molecule has 1 unspecified atom stereocenters. The van der Waals surface area contributed by atoms with Crippen LogP contribution in [-0.2, 0) is 28.6 Å². The molecule has 0 aliphatic rings. The number of esters is 3. The van der Waals surface area contributed by atoms with Crippen LogP contribution in [0.2, 0.25) is 0 Å². The Morgan fingerprint density at radius 3 is 0.714 bits per heavy atom. The molecule has 6 nitrogen and oxygen atoms in total. The Bertz CT molecular complexity index is 1090. The number of rotatable bonds is 59. The number of hydrogen-bond acceptors (Lipinski definition) is 6. The lowest BCUT2D eigenvalue weighted by Gasteiger charge is -2.18. The van der Waals surface area contributed by atoms with E-state index in [0.717, 1.165) is 57.8 Å². The summed E-state index contributed by atoms with van der Waals surface area (Å²) in [6.07, 6.45) is 69.9. The molecule has 0 aliphatic heterocycles. The van der Waals surface area contributed by atoms with E-state index in [2.05, 4.69) is 32.9 Å². The molecule has 6 heteroatoms. The van der Waals surface area contributed by atoms with Crippen molar-refractivity contribution >= 4 is 17.9 Å². The molecule has 0 heterocycles. The Balaban J connectivity index is 3.88. The maximum absolute atomic E-state index is 12.8. The van der Waals surface area contributed by atoms with Crippen LogP contribution in [-0.4, -0.2) is 37.2 Å². The van der Waals surface area contributed by atoms with Gasteiger partial charge in [-0.1, -0.05) is 309 Å². The summed E-state index contributed by atoms with van der Waals surface area (Å²) in [5.41, 5.74) is 0. The molecule has 0 N–H and O–H groups in total. The van der Waals surface area contributed by atoms with E-state index in [1.807, 2.05) is 0 Å². The Hall–Kier alpha value is -1.85. The summed E-state index contributed by atoms with van der Waals surface area (Å²) in [7, 11) is 0. The minimum Gasteiger partial charge on any atom is -0.462 e. The van der Waals surface area contributed by atoms with Crippen molar-refractivity contribution in [3.05, 3.63) is 12.2 Å². The van der Waals surface area contributed by atoms with Gasteiger partial charge in [0.25, 0.3) is 0 Å². The van der Waals surface area contributed by atoms with Gasteiger partial charge < -0.3 is 14.2 Å². The van der Waals surface area contributed by atoms with Gasteiger partial charge in [0.1, 0.15) is 13.2 Å². The van der Waals surface area contributed by atoms with Crippen LogP contribution >= 0.6 is 0 Å². The molecule has 0 radical (unpaired) electrons. The van der Waals surface area contributed by atoms with Crippen LogP contribution in [0, 0.1) is 0 Å². The van der Waals surface area contributed by atoms with Crippen LogP contribution in [0.15, 0.2) is 12.2 Å². The van der Waals surface area contributed by atoms with E-state index in [4.69, 9.17) is 14.2 Å². The Kier molecular flexibility index (Phi) is 58.1. The highest BCUT2D eigenvalue weighted by atomic mass is 16.6. The van der Waals surface area contributed by atoms with Crippen molar-refractivity contribution in [2.24, 2.45) is 0 Å². The number of unbranched alkanes of at least 4 members (excludes halogenated alkanes) is 46. The summed E-state index contributed by atoms with van der Waals surface area (Å²) < 4.78 is 16.8. The topological polar surface area (TPSA) is 78.9 Å². The van der Waals surface area contributed by atoms with Gasteiger partial charge in [0.05, 0.1) is 0 Å². The number of hydrogen-bond donors (Lipinski definition) is 0. The largest absolute Gasteiger partial charge is 0.462 e. The molecular weight excluding hydrogens is 865 g/mol. The summed E-state index contributed by atoms with van der Waals surface area (Å²) in [5, 5.41) is 0. The standard InChI is InChI=1S/C64H122O6/c1-4-7-10-13-16-18-20-22-23-24-25-26-27-28-29-30-31-32-33-34-35-36-37-38-39-40-41-42-44-45-48-51-54-57-63(66)69-60-61(59-68-62(65)56-53-50-47-15-12-9-6-3)70-64(67)58-55-52-49-46-43-21-19-17-14-11-8-5-2/h24-25,61H,4-23,26-60H2,1-3H3/b25-24-. The molecule has 414 valence electrons. The summed E-state index contributed by atoms with van der Waals surface area (Å²) in [6.45, 7) is 6.64. The Labute approximate surface area is 437 Å². The number of carbonyl (C=O) groups is 3. The normalized spacial score (nSPS) is 12.0. The van der Waals surface area contributed by atoms with Crippen LogP contribution in [0.4, 0.5) is 0 Å². The van der Waals surface area contributed by atoms with Crippen molar-refractivity contribution in [2.45, 2.75) is 367 Å². The van der Waals surface area contributed by atoms with E-state index >= 15 is 0 Å². The molecule has 0 amide bonds. The van der Waals surface area contributed by atoms with E-state index in [0.29, 0.717) is 19.3 Å². The monoisotopic (exact) mass is 987 g/mol. The molecular formula is C64H122O6. The smallest absolute Gasteiger partial charge is 0.306 e. The van der Waals surface area contributed by atoms with Gasteiger partial charge in [-0.25, -0.2) is 0 Å². The lowest BCUT2D eigenvalue weighted by Crippen LogP contribution is -2.30. The first-order valence-corrected chi connectivity index (χ1v) is 31.7. The third kappa shape index (κ3) is 57.1. The number of carbonyl (C=O) groups excluding carboxylic acids is 3. The second-order valence-electron chi connectivity index (χ2n) is 21.7. The average molecular weight is 988 g/mol. The molecule has 0 saturated carbocycles. The fourth-order valence-electron chi connectivity index (χ4n) is 9.74. The highest BCUT2D eigenvalue weighted by molar-refractivity contribution is 5.71. The van der Waals surface area contributed by atoms with Crippen LogP contribution < -0.4 is 0 Å². The molecule has 0 aromatic carbocycles. The van der Waals surface area contributed by atoms with Crippen LogP contribution in [0.25, 0.3) is 0 Å². The van der Waals surface area contributed by atoms with Crippen LogP contribution in [0.5, 0.6) is 0 Å². The summed E-state index contributed by atoms with van der Waals surface area (Å²) in [5.74, 6) is -0.848. The quantitative estimate of drug-likeness (QED) is 0.0261. The highest BCUT2D eigenvalue weighted by Gasteiger charge is 2.19. The first-order chi connectivity index (χ1) is 34.5. The molecule has 0 aromatic rings. The maximum atomic E-state index is 12.8. The van der Waals surface area contributed by atoms with E-state index < -0.39 is 6.10 Å². The predicted molar refractivity (Wildman–Crippen MR) is 303 cm³/mol. The van der Waals surface area contributed by atoms with Gasteiger partial charge in [0.15, 0.2) is 6.10 Å². The van der Waals surface area contributed by atoms with Crippen LogP contribution in [0.3, 0.4) is 0 Å². The first kappa shape index (κ1) is 68.2. The fraction of sp³-hybridized carbons (Fsp3) is 0.922. The summed E-state index contributed by atoms with van der Waals surface area (Å²) >= 11 is 0. The third-order valence-electron chi connectivity index (χ3n) is 14.5. The van der Waals surface area contributed by atoms with Crippen molar-refractivity contribution in [2.75, 3.05) is 13.2 Å². The fourth-order valence-corrected chi connectivity index (χ4v) is 9.74. The van der Waals surface area contributed by atoms with E-state index in [1.54, 1.807) is 0 Å². The highest BCUT2D eigenvalue weighted by Crippen LogP contribution is 2.18. The van der Waals surface area contributed by atoms with E-state index in [-0.39, 0.29) is 31.1 Å². The molecule has 0 spiro atoms. The third-order valence-corrected chi connectivity index (χ3v) is 14.5. The van der Waals surface area contributed by atoms with Gasteiger partial charge in [-0.2, -0.15) is 0 Å². The van der Waals surface area contributed by atoms with Crippen molar-refractivity contribution in [3.63, 3.8) is 0 Å². The molecule has 0 saturated heterocycles. The van der Waals surface area contributed by atoms with Crippen molar-refractivity contribution < 1.29 is 28.6 Å². The van der Waals surface area contributed by atoms with E-state index in [9.17, 15) is 14.4 Å². The molecule has 1 atom stereocenters. The molecule has 70 heavy (non-hydrogen) atoms. The molecule has 0 bridgehead atoms. The van der Waals surface area contributed by atoms with Gasteiger partial charge in [0, 0.05) is 19.3 Å². The van der Waals surface area contributed by atoms with Crippen molar-refractivity contribution in [3.8, 4) is 0 Å². The van der Waals surface area contributed by atoms with Gasteiger partial charge >= 0.3 is 17.9 Å². The minimum absolute atomic E-state index is 0.0634. The second-order valence-corrected chi connectivity index (χ2v) is 21.7. The lowest BCUT2D eigenvalue weighted by atomic mass is 10.0. The predicted octanol–water partition coefficient (Wildman–Crippen LogP) is 21.3. The van der Waals surface area contributed by atoms with Crippen LogP contribution in [0.1, 0.15) is 361 Å². The van der Waals surface area contributed by atoms with Gasteiger partial charge in [0.2, 0.25) is 0 Å². The average Bonchev–Trinajstić information content (AvgIpc) is 3.36. The SMILES string of the molecule is CCCCCCCCCC/C=C\CCCCCCCCCCCCCCCCCCCCCCCC(=O)OCC(COC(=O)CCCCCCCCC)OC(=O)CCCCCCCCCCCCCC. The molecule has 0 aromatic heterocycles. The summed E-state index contributed by atoms with van der Waals surface area (Å²) in [6, 6.07) is 0. The Morgan fingerprint density at radius 2 is 0.471 bits per heavy atom. The number of ether oxygens (including phenoxy) is 3. The second kappa shape index (κ2) is 59.7. The minimum atomic E-state index is -0.761. The first-order valence-electron chi connectivity index (χ1n) is 31.7. The van der Waals surface area contributed by atoms with Gasteiger partial charge in [-0.15, -0.1) is 0 Å². The summed E-state index contributed by atoms with van der Waals surface area (Å²) in [4.78, 5) is 37.9. The zero-order chi connectivity index (χ0) is 50.7. The van der Waals surface area contributed by atoms with Crippen molar-refractivity contribution in [1.29, 1.82) is 0 Å². The van der Waals surface area contributed by atoms with Gasteiger partial charge in [-0.05, 0) is 44.9 Å². The Morgan fingerprint density at radius 1 is 0.271 bits per heavy atom. The van der Waals surface area contributed by atoms with Crippen molar-refractivity contribution in [1.82, 2.24) is 0 Å².